The lowest BCUT2D eigenvalue weighted by Crippen LogP contribution is -2.49. The van der Waals surface area contributed by atoms with E-state index in [0.29, 0.717) is 0 Å². The quantitative estimate of drug-likeness (QED) is 0.568. The van der Waals surface area contributed by atoms with Crippen LogP contribution in [0.25, 0.3) is 0 Å². The van der Waals surface area contributed by atoms with Crippen LogP contribution in [0.2, 0.25) is 37.8 Å². The monoisotopic (exact) mass is 305 g/mol. The van der Waals surface area contributed by atoms with Crippen LogP contribution in [0.1, 0.15) is 20.8 Å². The highest BCUT2D eigenvalue weighted by atomic mass is 28.3. The fourth-order valence-electron chi connectivity index (χ4n) is 2.67. The van der Waals surface area contributed by atoms with Gasteiger partial charge in [0, 0.05) is 5.69 Å². The van der Waals surface area contributed by atoms with E-state index in [1.54, 1.807) is 0 Å². The lowest BCUT2D eigenvalue weighted by atomic mass is 10.3. The first-order valence-corrected chi connectivity index (χ1v) is 14.1. The highest BCUT2D eigenvalue weighted by Gasteiger charge is 2.34. The zero-order chi connectivity index (χ0) is 15.2. The Morgan fingerprint density at radius 2 is 1.40 bits per heavy atom. The topological polar surface area (TPSA) is 3.24 Å². The molecule has 0 saturated carbocycles. The van der Waals surface area contributed by atoms with Gasteiger partial charge < -0.3 is 4.57 Å². The number of rotatable bonds is 7. The van der Waals surface area contributed by atoms with Crippen molar-refractivity contribution >= 4 is 22.0 Å². The molecule has 0 atom stereocenters. The first kappa shape index (κ1) is 17.2. The van der Waals surface area contributed by atoms with E-state index in [1.165, 1.54) is 23.8 Å². The minimum Gasteiger partial charge on any atom is -0.375 e. The van der Waals surface area contributed by atoms with E-state index in [4.69, 9.17) is 0 Å². The van der Waals surface area contributed by atoms with Gasteiger partial charge in [0.2, 0.25) is 0 Å². The van der Waals surface area contributed by atoms with Crippen LogP contribution in [-0.4, -0.2) is 16.3 Å². The number of hydrogen-bond donors (Lipinski definition) is 0. The summed E-state index contributed by atoms with van der Waals surface area (Å²) in [5, 5.41) is 0. The Morgan fingerprint density at radius 3 is 1.80 bits per heavy atom. The summed E-state index contributed by atoms with van der Waals surface area (Å²) in [4.78, 5) is 0. The lowest BCUT2D eigenvalue weighted by Gasteiger charge is -2.41. The summed E-state index contributed by atoms with van der Waals surface area (Å²) >= 11 is 0. The largest absolute Gasteiger partial charge is 0.375 e. The third-order valence-electron chi connectivity index (χ3n) is 4.24. The van der Waals surface area contributed by atoms with E-state index < -0.39 is 16.3 Å². The molecule has 0 spiro atoms. The summed E-state index contributed by atoms with van der Waals surface area (Å²) in [5.74, 6) is 0. The Balaban J connectivity index is 3.24. The fraction of sp³-hybridized carbons (Fsp3) is 0.529. The first-order chi connectivity index (χ1) is 9.38. The van der Waals surface area contributed by atoms with E-state index in [2.05, 4.69) is 87.2 Å². The average molecular weight is 306 g/mol. The van der Waals surface area contributed by atoms with Gasteiger partial charge in [-0.2, -0.15) is 0 Å². The van der Waals surface area contributed by atoms with Gasteiger partial charge in [-0.15, -0.1) is 0 Å². The van der Waals surface area contributed by atoms with Crippen LogP contribution >= 0.6 is 0 Å². The average Bonchev–Trinajstić information content (AvgIpc) is 2.44. The maximum Gasteiger partial charge on any atom is 0.161 e. The molecule has 3 heteroatoms. The molecule has 0 aromatic heterocycles. The second kappa shape index (κ2) is 7.27. The minimum absolute atomic E-state index is 1.17. The van der Waals surface area contributed by atoms with Gasteiger partial charge in [-0.05, 0) is 36.5 Å². The minimum atomic E-state index is -1.42. The molecule has 1 aromatic rings. The van der Waals surface area contributed by atoms with E-state index in [-0.39, 0.29) is 0 Å². The molecule has 0 aliphatic rings. The van der Waals surface area contributed by atoms with Gasteiger partial charge in [0.15, 0.2) is 8.24 Å². The summed E-state index contributed by atoms with van der Waals surface area (Å²) in [6.07, 6.45) is 2.42. The zero-order valence-electron chi connectivity index (χ0n) is 14.1. The zero-order valence-corrected chi connectivity index (χ0v) is 16.1. The van der Waals surface area contributed by atoms with Crippen LogP contribution in [0.4, 0.5) is 5.69 Å². The Bertz CT molecular complexity index is 408. The van der Waals surface area contributed by atoms with Crippen LogP contribution < -0.4 is 4.57 Å². The molecule has 0 aliphatic heterocycles. The first-order valence-electron chi connectivity index (χ1n) is 7.92. The molecule has 0 fully saturated rings. The molecule has 0 saturated heterocycles. The summed E-state index contributed by atoms with van der Waals surface area (Å²) < 4.78 is 2.66. The molecule has 112 valence electrons. The van der Waals surface area contributed by atoms with Crippen LogP contribution in [-0.2, 0) is 0 Å². The van der Waals surface area contributed by atoms with Crippen molar-refractivity contribution in [2.75, 3.05) is 4.57 Å². The molecule has 0 radical (unpaired) electrons. The van der Waals surface area contributed by atoms with Crippen LogP contribution in [0.5, 0.6) is 0 Å². The van der Waals surface area contributed by atoms with Gasteiger partial charge in [-0.3, -0.25) is 0 Å². The maximum atomic E-state index is 2.66. The molecular formula is C17H31NSi2. The molecular weight excluding hydrogens is 274 g/mol. The SMILES string of the molecule is CC[Si](CC)(CC)N(C=C[Si](C)(C)C)c1ccccc1. The molecule has 0 unspecified atom stereocenters. The third-order valence-corrected chi connectivity index (χ3v) is 10.8. The number of anilines is 1. The number of benzene rings is 1. The van der Waals surface area contributed by atoms with Crippen molar-refractivity contribution in [2.45, 2.75) is 58.5 Å². The van der Waals surface area contributed by atoms with E-state index in [1.807, 2.05) is 0 Å². The van der Waals surface area contributed by atoms with Crippen LogP contribution in [0, 0.1) is 0 Å². The summed E-state index contributed by atoms with van der Waals surface area (Å²) in [5.41, 5.74) is 3.86. The van der Waals surface area contributed by atoms with Crippen molar-refractivity contribution in [3.8, 4) is 0 Å². The molecule has 0 N–H and O–H groups in total. The predicted molar refractivity (Wildman–Crippen MR) is 98.6 cm³/mol. The Labute approximate surface area is 127 Å². The van der Waals surface area contributed by atoms with Crippen molar-refractivity contribution in [3.63, 3.8) is 0 Å². The Morgan fingerprint density at radius 1 is 0.900 bits per heavy atom. The molecule has 20 heavy (non-hydrogen) atoms. The van der Waals surface area contributed by atoms with E-state index in [0.717, 1.165) is 0 Å². The smallest absolute Gasteiger partial charge is 0.161 e. The molecule has 0 heterocycles. The molecule has 1 nitrogen and oxygen atoms in total. The van der Waals surface area contributed by atoms with E-state index >= 15 is 0 Å². The van der Waals surface area contributed by atoms with Crippen molar-refractivity contribution in [1.82, 2.24) is 0 Å². The van der Waals surface area contributed by atoms with Gasteiger partial charge in [0.25, 0.3) is 0 Å². The van der Waals surface area contributed by atoms with Gasteiger partial charge >= 0.3 is 0 Å². The summed E-state index contributed by atoms with van der Waals surface area (Å²) in [6, 6.07) is 14.9. The second-order valence-electron chi connectivity index (χ2n) is 6.67. The second-order valence-corrected chi connectivity index (χ2v) is 16.8. The summed E-state index contributed by atoms with van der Waals surface area (Å²) in [6.45, 7) is 14.3. The Kier molecular flexibility index (Phi) is 6.27. The molecule has 1 rings (SSSR count). The third kappa shape index (κ3) is 4.35. The normalized spacial score (nSPS) is 12.9. The predicted octanol–water partition coefficient (Wildman–Crippen LogP) is 5.89. The fourth-order valence-corrected chi connectivity index (χ4v) is 7.02. The Hall–Kier alpha value is -0.806. The van der Waals surface area contributed by atoms with Crippen molar-refractivity contribution in [1.29, 1.82) is 0 Å². The molecule has 0 amide bonds. The standard InChI is InChI=1S/C17H31NSi2/c1-7-20(8-2,9-3)18(15-16-19(4,5)6)17-13-11-10-12-14-17/h10-16H,7-9H2,1-6H3. The highest BCUT2D eigenvalue weighted by Crippen LogP contribution is 2.31. The van der Waals surface area contributed by atoms with Gasteiger partial charge in [-0.1, -0.05) is 64.3 Å². The molecule has 0 aliphatic carbocycles. The number of hydrogen-bond acceptors (Lipinski definition) is 1. The number of para-hydroxylation sites is 1. The van der Waals surface area contributed by atoms with Crippen LogP contribution in [0.3, 0.4) is 0 Å². The van der Waals surface area contributed by atoms with Gasteiger partial charge in [0.1, 0.15) is 0 Å². The van der Waals surface area contributed by atoms with Gasteiger partial charge in [0.05, 0.1) is 8.07 Å². The van der Waals surface area contributed by atoms with E-state index in [9.17, 15) is 0 Å². The van der Waals surface area contributed by atoms with Crippen molar-refractivity contribution < 1.29 is 0 Å². The lowest BCUT2D eigenvalue weighted by molar-refractivity contribution is 1.10. The molecule has 1 aromatic carbocycles. The molecule has 0 bridgehead atoms. The highest BCUT2D eigenvalue weighted by molar-refractivity contribution is 6.84. The van der Waals surface area contributed by atoms with Crippen molar-refractivity contribution in [2.24, 2.45) is 0 Å². The van der Waals surface area contributed by atoms with Crippen LogP contribution in [0.15, 0.2) is 42.2 Å². The maximum absolute atomic E-state index is 2.66. The summed E-state index contributed by atoms with van der Waals surface area (Å²) in [7, 11) is -2.59. The van der Waals surface area contributed by atoms with Crippen molar-refractivity contribution in [3.05, 3.63) is 42.2 Å². The number of nitrogens with zero attached hydrogens (tertiary/aromatic N) is 1. The van der Waals surface area contributed by atoms with Gasteiger partial charge in [-0.25, -0.2) is 0 Å².